The molecule has 0 aromatic carbocycles. The molecule has 0 bridgehead atoms. The van der Waals surface area contributed by atoms with E-state index in [1.165, 1.54) is 5.56 Å². The Morgan fingerprint density at radius 3 is 1.70 bits per heavy atom. The van der Waals surface area contributed by atoms with Crippen LogP contribution in [0.4, 0.5) is 39.5 Å². The molecule has 1 amide bonds. The van der Waals surface area contributed by atoms with E-state index in [0.29, 0.717) is 6.54 Å². The summed E-state index contributed by atoms with van der Waals surface area (Å²) >= 11 is 0. The summed E-state index contributed by atoms with van der Waals surface area (Å²) in [6, 6.07) is 4.10. The van der Waals surface area contributed by atoms with Crippen molar-refractivity contribution in [3.05, 3.63) is 48.3 Å². The van der Waals surface area contributed by atoms with E-state index in [1.54, 1.807) is 13.2 Å². The number of hydrogen-bond acceptors (Lipinski definition) is 8. The van der Waals surface area contributed by atoms with Crippen molar-refractivity contribution in [2.75, 3.05) is 20.1 Å². The molecular weight excluding hydrogens is 657 g/mol. The summed E-state index contributed by atoms with van der Waals surface area (Å²) < 4.78 is 104. The molecule has 2 aliphatic heterocycles. The molecule has 1 atom stereocenters. The van der Waals surface area contributed by atoms with Crippen molar-refractivity contribution in [3.8, 4) is 0 Å². The third kappa shape index (κ3) is 12.5. The fourth-order valence-electron chi connectivity index (χ4n) is 3.85. The second-order valence-corrected chi connectivity index (χ2v) is 9.16. The molecular formula is C24H26F9N5O8. The van der Waals surface area contributed by atoms with Crippen molar-refractivity contribution in [3.63, 3.8) is 0 Å². The van der Waals surface area contributed by atoms with Crippen LogP contribution in [0.2, 0.25) is 0 Å². The van der Waals surface area contributed by atoms with Gasteiger partial charge in [-0.25, -0.2) is 19.4 Å². The van der Waals surface area contributed by atoms with Crippen LogP contribution < -0.4 is 5.32 Å². The van der Waals surface area contributed by atoms with Gasteiger partial charge in [0, 0.05) is 51.5 Å². The van der Waals surface area contributed by atoms with Crippen LogP contribution in [0.3, 0.4) is 0 Å². The molecule has 13 nitrogen and oxygen atoms in total. The van der Waals surface area contributed by atoms with Gasteiger partial charge in [-0.05, 0) is 30.5 Å². The van der Waals surface area contributed by atoms with Crippen molar-refractivity contribution in [1.82, 2.24) is 24.8 Å². The average Bonchev–Trinajstić information content (AvgIpc) is 3.44. The number of carbonyl (C=O) groups excluding carboxylic acids is 1. The normalized spacial score (nSPS) is 17.4. The number of halogens is 9. The summed E-state index contributed by atoms with van der Waals surface area (Å²) in [5.74, 6) is -7.39. The lowest BCUT2D eigenvalue weighted by Gasteiger charge is -2.45. The number of ether oxygens (including phenoxy) is 1. The maximum atomic E-state index is 12.1. The van der Waals surface area contributed by atoms with Crippen molar-refractivity contribution in [1.29, 1.82) is 0 Å². The molecule has 46 heavy (non-hydrogen) atoms. The van der Waals surface area contributed by atoms with Gasteiger partial charge in [0.2, 0.25) is 0 Å². The highest BCUT2D eigenvalue weighted by Crippen LogP contribution is 2.40. The molecule has 1 spiro atoms. The van der Waals surface area contributed by atoms with Gasteiger partial charge >= 0.3 is 36.4 Å². The molecule has 2 aromatic heterocycles. The van der Waals surface area contributed by atoms with Crippen LogP contribution in [-0.4, -0.2) is 103 Å². The van der Waals surface area contributed by atoms with Crippen LogP contribution in [0.15, 0.2) is 36.9 Å². The van der Waals surface area contributed by atoms with Gasteiger partial charge in [-0.15, -0.1) is 0 Å². The van der Waals surface area contributed by atoms with E-state index in [-0.39, 0.29) is 5.91 Å². The number of pyridine rings is 1. The number of likely N-dealkylation sites (N-methyl/N-ethyl adjacent to an activating group) is 1. The number of piperidine rings is 1. The smallest absolute Gasteiger partial charge is 0.475 e. The van der Waals surface area contributed by atoms with E-state index < -0.39 is 48.1 Å². The van der Waals surface area contributed by atoms with Gasteiger partial charge in [-0.2, -0.15) is 39.5 Å². The number of carbonyl (C=O) groups is 4. The van der Waals surface area contributed by atoms with Crippen LogP contribution in [0.25, 0.3) is 0 Å². The molecule has 4 N–H and O–H groups in total. The van der Waals surface area contributed by atoms with Crippen molar-refractivity contribution in [2.24, 2.45) is 0 Å². The second kappa shape index (κ2) is 16.2. The first-order valence-electron chi connectivity index (χ1n) is 12.5. The number of carboxylic acid groups (broad SMARTS) is 3. The zero-order valence-electron chi connectivity index (χ0n) is 23.4. The third-order valence-corrected chi connectivity index (χ3v) is 5.94. The summed E-state index contributed by atoms with van der Waals surface area (Å²) in [4.78, 5) is 49.9. The van der Waals surface area contributed by atoms with Crippen LogP contribution in [0.5, 0.6) is 0 Å². The molecule has 22 heteroatoms. The standard InChI is InChI=1S/C18H23N5O2.3C2HF3O2/c1-19-16(24)15-13-23-11-8-21-17(23)18(25-15)4-9-22(10-5-18)12-14-2-6-20-7-3-14;3*3-2(4,5)1(6)7/h2-3,6-8,11,15H,4-5,9-10,12-13H2,1H3,(H,19,24);3*(H,6,7). The second-order valence-electron chi connectivity index (χ2n) is 9.16. The Hall–Kier alpha value is -4.47. The summed E-state index contributed by atoms with van der Waals surface area (Å²) in [6.07, 6.45) is -6.63. The van der Waals surface area contributed by atoms with E-state index >= 15 is 0 Å². The van der Waals surface area contributed by atoms with Crippen LogP contribution in [-0.2, 0) is 42.6 Å². The summed E-state index contributed by atoms with van der Waals surface area (Å²) in [6.45, 7) is 3.26. The molecule has 1 fully saturated rings. The van der Waals surface area contributed by atoms with Gasteiger partial charge in [-0.3, -0.25) is 14.7 Å². The first-order valence-corrected chi connectivity index (χ1v) is 12.5. The van der Waals surface area contributed by atoms with Gasteiger partial charge in [-0.1, -0.05) is 0 Å². The molecule has 1 saturated heterocycles. The van der Waals surface area contributed by atoms with E-state index in [2.05, 4.69) is 36.9 Å². The maximum absolute atomic E-state index is 12.1. The van der Waals surface area contributed by atoms with Gasteiger partial charge in [0.25, 0.3) is 5.91 Å². The zero-order valence-corrected chi connectivity index (χ0v) is 23.4. The number of likely N-dealkylation sites (tertiary alicyclic amines) is 1. The van der Waals surface area contributed by atoms with Gasteiger partial charge in [0.15, 0.2) is 6.10 Å². The molecule has 0 aliphatic carbocycles. The third-order valence-electron chi connectivity index (χ3n) is 5.94. The minimum absolute atomic E-state index is 0.0714. The van der Waals surface area contributed by atoms with Crippen molar-refractivity contribution >= 4 is 23.8 Å². The fraction of sp³-hybridized carbons (Fsp3) is 0.500. The highest BCUT2D eigenvalue weighted by Gasteiger charge is 2.47. The lowest BCUT2D eigenvalue weighted by Crippen LogP contribution is -2.53. The Morgan fingerprint density at radius 2 is 1.30 bits per heavy atom. The zero-order chi connectivity index (χ0) is 35.5. The SMILES string of the molecule is CNC(=O)C1Cn2ccnc2C2(CCN(Cc3ccncc3)CC2)O1.O=C(O)C(F)(F)F.O=C(O)C(F)(F)F.O=C(O)C(F)(F)F. The largest absolute Gasteiger partial charge is 0.490 e. The molecule has 258 valence electrons. The first kappa shape index (κ1) is 39.6. The van der Waals surface area contributed by atoms with Crippen LogP contribution >= 0.6 is 0 Å². The number of aromatic nitrogens is 3. The number of alkyl halides is 9. The molecule has 2 aromatic rings. The van der Waals surface area contributed by atoms with Gasteiger partial charge in [0.05, 0.1) is 6.54 Å². The Bertz CT molecular complexity index is 1250. The van der Waals surface area contributed by atoms with Crippen LogP contribution in [0.1, 0.15) is 24.2 Å². The number of aliphatic carboxylic acids is 3. The number of hydrogen-bond donors (Lipinski definition) is 4. The Kier molecular flexibility index (Phi) is 13.9. The van der Waals surface area contributed by atoms with E-state index in [4.69, 9.17) is 34.4 Å². The topological polar surface area (TPSA) is 184 Å². The highest BCUT2D eigenvalue weighted by atomic mass is 19.4. The predicted molar refractivity (Wildman–Crippen MR) is 133 cm³/mol. The number of amides is 1. The summed E-state index contributed by atoms with van der Waals surface area (Å²) in [5.41, 5.74) is 0.800. The predicted octanol–water partition coefficient (Wildman–Crippen LogP) is 2.81. The van der Waals surface area contributed by atoms with E-state index in [0.717, 1.165) is 38.3 Å². The maximum Gasteiger partial charge on any atom is 0.490 e. The summed E-state index contributed by atoms with van der Waals surface area (Å²) in [5, 5.41) is 24.1. The number of nitrogens with zero attached hydrogens (tertiary/aromatic N) is 4. The molecule has 4 heterocycles. The number of carboxylic acids is 3. The number of nitrogens with one attached hydrogen (secondary N) is 1. The monoisotopic (exact) mass is 683 g/mol. The van der Waals surface area contributed by atoms with Crippen molar-refractivity contribution in [2.45, 2.75) is 56.2 Å². The van der Waals surface area contributed by atoms with E-state index in [1.807, 2.05) is 18.6 Å². The van der Waals surface area contributed by atoms with Crippen LogP contribution in [0, 0.1) is 0 Å². The molecule has 2 aliphatic rings. The Balaban J connectivity index is 0.000000413. The minimum Gasteiger partial charge on any atom is -0.475 e. The van der Waals surface area contributed by atoms with Gasteiger partial charge in [0.1, 0.15) is 11.4 Å². The number of rotatable bonds is 3. The minimum atomic E-state index is -5.08. The number of imidazole rings is 1. The lowest BCUT2D eigenvalue weighted by atomic mass is 9.88. The van der Waals surface area contributed by atoms with Crippen molar-refractivity contribution < 1.29 is 78.7 Å². The lowest BCUT2D eigenvalue weighted by molar-refractivity contribution is -0.193. The fourth-order valence-corrected chi connectivity index (χ4v) is 3.85. The summed E-state index contributed by atoms with van der Waals surface area (Å²) in [7, 11) is 1.65. The molecule has 0 radical (unpaired) electrons. The molecule has 4 rings (SSSR count). The first-order chi connectivity index (χ1) is 21.0. The van der Waals surface area contributed by atoms with E-state index in [9.17, 15) is 44.3 Å². The Labute approximate surface area is 252 Å². The Morgan fingerprint density at radius 1 is 0.870 bits per heavy atom. The number of fused-ring (bicyclic) bond motifs is 2. The molecule has 1 unspecified atom stereocenters. The molecule has 0 saturated carbocycles. The quantitative estimate of drug-likeness (QED) is 0.349. The van der Waals surface area contributed by atoms with Gasteiger partial charge < -0.3 is 29.9 Å². The average molecular weight is 683 g/mol. The highest BCUT2D eigenvalue weighted by molar-refractivity contribution is 5.80.